The van der Waals surface area contributed by atoms with Crippen molar-refractivity contribution in [2.75, 3.05) is 19.8 Å². The summed E-state index contributed by atoms with van der Waals surface area (Å²) in [6.45, 7) is 5.28. The minimum absolute atomic E-state index is 0.148. The summed E-state index contributed by atoms with van der Waals surface area (Å²) in [5, 5.41) is 8.81. The third-order valence-electron chi connectivity index (χ3n) is 2.74. The molecule has 20 heavy (non-hydrogen) atoms. The average molecular weight is 408 g/mol. The summed E-state index contributed by atoms with van der Waals surface area (Å²) in [6.07, 6.45) is 3.42. The number of aliphatic hydroxyl groups excluding tert-OH is 1. The van der Waals surface area contributed by atoms with Gasteiger partial charge in [-0.25, -0.2) is 0 Å². The Kier molecular flexibility index (Phi) is 8.26. The lowest BCUT2D eigenvalue weighted by molar-refractivity contribution is 0.231. The van der Waals surface area contributed by atoms with Crippen molar-refractivity contribution in [1.29, 1.82) is 0 Å². The van der Waals surface area contributed by atoms with Crippen LogP contribution in [0.1, 0.15) is 24.5 Å². The van der Waals surface area contributed by atoms with Gasteiger partial charge < -0.3 is 14.6 Å². The largest absolute Gasteiger partial charge is 0.493 e. The number of hydrogen-bond donors (Lipinski definition) is 1. The van der Waals surface area contributed by atoms with E-state index < -0.39 is 0 Å². The van der Waals surface area contributed by atoms with Gasteiger partial charge in [0.05, 0.1) is 10.00 Å². The Morgan fingerprint density at radius 2 is 2.05 bits per heavy atom. The molecule has 0 aliphatic heterocycles. The predicted octanol–water partition coefficient (Wildman–Crippen LogP) is 4.33. The van der Waals surface area contributed by atoms with E-state index in [0.717, 1.165) is 32.4 Å². The molecule has 0 amide bonds. The van der Waals surface area contributed by atoms with Crippen molar-refractivity contribution in [1.82, 2.24) is 0 Å². The summed E-state index contributed by atoms with van der Waals surface area (Å²) in [4.78, 5) is 0. The number of aryl methyl sites for hydroxylation is 2. The van der Waals surface area contributed by atoms with E-state index in [-0.39, 0.29) is 6.61 Å². The smallest absolute Gasteiger partial charge is 0.125 e. The molecule has 0 spiro atoms. The van der Waals surface area contributed by atoms with Crippen LogP contribution < -0.4 is 9.47 Å². The molecular weight excluding hydrogens is 388 g/mol. The number of rotatable bonds is 8. The Balaban J connectivity index is 2.81. The van der Waals surface area contributed by atoms with E-state index in [9.17, 15) is 0 Å². The molecule has 0 heterocycles. The Labute approximate surface area is 137 Å². The molecule has 0 saturated heterocycles. The molecular formula is C15H20Br2O3. The summed E-state index contributed by atoms with van der Waals surface area (Å²) in [5.41, 5.74) is 2.18. The molecule has 1 rings (SSSR count). The van der Waals surface area contributed by atoms with Gasteiger partial charge in [0.15, 0.2) is 0 Å². The molecule has 0 unspecified atom stereocenters. The lowest BCUT2D eigenvalue weighted by atomic mass is 10.1. The van der Waals surface area contributed by atoms with Crippen molar-refractivity contribution in [2.24, 2.45) is 0 Å². The minimum atomic E-state index is 0.148. The zero-order valence-electron chi connectivity index (χ0n) is 11.8. The molecule has 1 aromatic carbocycles. The van der Waals surface area contributed by atoms with Crippen LogP contribution >= 0.6 is 31.9 Å². The van der Waals surface area contributed by atoms with Crippen molar-refractivity contribution in [3.8, 4) is 11.5 Å². The van der Waals surface area contributed by atoms with E-state index in [0.29, 0.717) is 19.6 Å². The molecule has 1 N–H and O–H groups in total. The zero-order chi connectivity index (χ0) is 15.0. The Morgan fingerprint density at radius 1 is 1.30 bits per heavy atom. The fraction of sp³-hybridized carbons (Fsp3) is 0.467. The fourth-order valence-electron chi connectivity index (χ4n) is 1.80. The maximum atomic E-state index is 8.81. The highest BCUT2D eigenvalue weighted by molar-refractivity contribution is 9.28. The second-order valence-corrected chi connectivity index (χ2v) is 7.09. The molecule has 0 atom stereocenters. The lowest BCUT2D eigenvalue weighted by Gasteiger charge is -2.15. The van der Waals surface area contributed by atoms with Gasteiger partial charge in [-0.3, -0.25) is 0 Å². The zero-order valence-corrected chi connectivity index (χ0v) is 15.0. The maximum absolute atomic E-state index is 8.81. The third kappa shape index (κ3) is 5.85. The first kappa shape index (κ1) is 17.5. The van der Waals surface area contributed by atoms with Gasteiger partial charge in [-0.1, -0.05) is 6.92 Å². The predicted molar refractivity (Wildman–Crippen MR) is 89.2 cm³/mol. The van der Waals surface area contributed by atoms with E-state index in [1.165, 1.54) is 0 Å². The number of aliphatic hydroxyl groups is 1. The first-order valence-corrected chi connectivity index (χ1v) is 8.18. The van der Waals surface area contributed by atoms with Gasteiger partial charge in [0.2, 0.25) is 0 Å². The first-order valence-electron chi connectivity index (χ1n) is 6.59. The van der Waals surface area contributed by atoms with Crippen LogP contribution in [0.3, 0.4) is 0 Å². The van der Waals surface area contributed by atoms with Crippen LogP contribution in [-0.2, 0) is 6.42 Å². The second-order valence-electron chi connectivity index (χ2n) is 4.31. The van der Waals surface area contributed by atoms with Crippen LogP contribution in [-0.4, -0.2) is 24.9 Å². The van der Waals surface area contributed by atoms with Gasteiger partial charge >= 0.3 is 0 Å². The van der Waals surface area contributed by atoms with E-state index in [2.05, 4.69) is 38.8 Å². The maximum Gasteiger partial charge on any atom is 0.125 e. The molecule has 0 aliphatic rings. The van der Waals surface area contributed by atoms with Crippen molar-refractivity contribution >= 4 is 31.9 Å². The van der Waals surface area contributed by atoms with Crippen LogP contribution in [0.2, 0.25) is 0 Å². The summed E-state index contributed by atoms with van der Waals surface area (Å²) in [6, 6.07) is 3.99. The molecule has 1 aromatic rings. The second kappa shape index (κ2) is 9.42. The molecule has 0 aromatic heterocycles. The lowest BCUT2D eigenvalue weighted by Crippen LogP contribution is -2.04. The van der Waals surface area contributed by atoms with Gasteiger partial charge in [-0.2, -0.15) is 0 Å². The van der Waals surface area contributed by atoms with Crippen molar-refractivity contribution in [3.63, 3.8) is 0 Å². The molecule has 5 heteroatoms. The highest BCUT2D eigenvalue weighted by Gasteiger charge is 2.09. The van der Waals surface area contributed by atoms with E-state index >= 15 is 0 Å². The minimum Gasteiger partial charge on any atom is -0.493 e. The summed E-state index contributed by atoms with van der Waals surface area (Å²) in [5.74, 6) is 1.75. The highest BCUT2D eigenvalue weighted by atomic mass is 79.9. The molecule has 0 fully saturated rings. The van der Waals surface area contributed by atoms with Crippen LogP contribution in [0.15, 0.2) is 21.6 Å². The third-order valence-corrected chi connectivity index (χ3v) is 3.39. The van der Waals surface area contributed by atoms with Crippen molar-refractivity contribution in [2.45, 2.75) is 26.7 Å². The van der Waals surface area contributed by atoms with E-state index in [1.54, 1.807) is 0 Å². The Bertz CT molecular complexity index is 455. The van der Waals surface area contributed by atoms with Gasteiger partial charge in [0.1, 0.15) is 18.1 Å². The molecule has 0 saturated carbocycles. The molecule has 0 radical (unpaired) electrons. The molecule has 3 nitrogen and oxygen atoms in total. The monoisotopic (exact) mass is 406 g/mol. The topological polar surface area (TPSA) is 38.7 Å². The standard InChI is InChI=1S/C15H20Br2O3/c1-3-12-10-13(19-8-5-14(16)17)9-11(2)15(12)20-7-4-6-18/h5,9-10,18H,3-4,6-8H2,1-2H3. The van der Waals surface area contributed by atoms with Gasteiger partial charge in [0, 0.05) is 13.0 Å². The van der Waals surface area contributed by atoms with Gasteiger partial charge in [-0.05, 0) is 74.5 Å². The molecule has 112 valence electrons. The van der Waals surface area contributed by atoms with Crippen molar-refractivity contribution < 1.29 is 14.6 Å². The van der Waals surface area contributed by atoms with Crippen LogP contribution in [0, 0.1) is 6.92 Å². The quantitative estimate of drug-likeness (QED) is 0.652. The highest BCUT2D eigenvalue weighted by Crippen LogP contribution is 2.30. The number of halogens is 2. The summed E-state index contributed by atoms with van der Waals surface area (Å²) >= 11 is 6.59. The molecule has 0 bridgehead atoms. The van der Waals surface area contributed by atoms with Crippen molar-refractivity contribution in [3.05, 3.63) is 32.7 Å². The number of hydrogen-bond acceptors (Lipinski definition) is 3. The van der Waals surface area contributed by atoms with Gasteiger partial charge in [-0.15, -0.1) is 0 Å². The Morgan fingerprint density at radius 3 is 2.65 bits per heavy atom. The van der Waals surface area contributed by atoms with E-state index in [1.807, 2.05) is 25.1 Å². The first-order chi connectivity index (χ1) is 9.58. The van der Waals surface area contributed by atoms with Crippen LogP contribution in [0.4, 0.5) is 0 Å². The number of benzene rings is 1. The Hall–Kier alpha value is -0.520. The van der Waals surface area contributed by atoms with Crippen LogP contribution in [0.5, 0.6) is 11.5 Å². The average Bonchev–Trinajstić information content (AvgIpc) is 2.40. The summed E-state index contributed by atoms with van der Waals surface area (Å²) < 4.78 is 12.3. The van der Waals surface area contributed by atoms with Crippen LogP contribution in [0.25, 0.3) is 0 Å². The van der Waals surface area contributed by atoms with Gasteiger partial charge in [0.25, 0.3) is 0 Å². The number of ether oxygens (including phenoxy) is 2. The SMILES string of the molecule is CCc1cc(OCC=C(Br)Br)cc(C)c1OCCCO. The normalized spacial score (nSPS) is 10.2. The molecule has 0 aliphatic carbocycles. The summed E-state index contributed by atoms with van der Waals surface area (Å²) in [7, 11) is 0. The fourth-order valence-corrected chi connectivity index (χ4v) is 2.07. The van der Waals surface area contributed by atoms with E-state index in [4.69, 9.17) is 14.6 Å².